The number of hydrogen-bond donors (Lipinski definition) is 1. The van der Waals surface area contributed by atoms with Crippen molar-refractivity contribution in [2.45, 2.75) is 33.1 Å². The van der Waals surface area contributed by atoms with Gasteiger partial charge in [-0.3, -0.25) is 4.79 Å². The van der Waals surface area contributed by atoms with Crippen molar-refractivity contribution in [1.82, 2.24) is 0 Å². The first kappa shape index (κ1) is 12.9. The molecule has 1 aliphatic carbocycles. The van der Waals surface area contributed by atoms with Crippen LogP contribution in [-0.2, 0) is 9.53 Å². The fourth-order valence-electron chi connectivity index (χ4n) is 2.62. The average Bonchev–Trinajstić information content (AvgIpc) is 2.30. The van der Waals surface area contributed by atoms with Crippen molar-refractivity contribution >= 4 is 11.7 Å². The SMILES string of the molecule is COC(=O)C1(CNc2c(C)cccc2C)CCC1. The van der Waals surface area contributed by atoms with Crippen LogP contribution in [0.5, 0.6) is 0 Å². The molecule has 3 nitrogen and oxygen atoms in total. The van der Waals surface area contributed by atoms with E-state index in [0.717, 1.165) is 24.9 Å². The lowest BCUT2D eigenvalue weighted by molar-refractivity contribution is -0.157. The van der Waals surface area contributed by atoms with Crippen LogP contribution < -0.4 is 5.32 Å². The van der Waals surface area contributed by atoms with Crippen molar-refractivity contribution in [2.24, 2.45) is 5.41 Å². The molecule has 1 fully saturated rings. The van der Waals surface area contributed by atoms with Gasteiger partial charge in [-0.25, -0.2) is 0 Å². The highest BCUT2D eigenvalue weighted by molar-refractivity contribution is 5.78. The van der Waals surface area contributed by atoms with Crippen LogP contribution in [0.2, 0.25) is 0 Å². The Morgan fingerprint density at radius 3 is 2.39 bits per heavy atom. The van der Waals surface area contributed by atoms with E-state index in [0.29, 0.717) is 6.54 Å². The van der Waals surface area contributed by atoms with E-state index in [9.17, 15) is 4.79 Å². The second-order valence-corrected chi connectivity index (χ2v) is 5.25. The first-order valence-electron chi connectivity index (χ1n) is 6.47. The van der Waals surface area contributed by atoms with Crippen LogP contribution in [0.1, 0.15) is 30.4 Å². The molecule has 2 rings (SSSR count). The molecule has 0 radical (unpaired) electrons. The summed E-state index contributed by atoms with van der Waals surface area (Å²) in [5.74, 6) is -0.0764. The van der Waals surface area contributed by atoms with Gasteiger partial charge in [-0.2, -0.15) is 0 Å². The van der Waals surface area contributed by atoms with Crippen molar-refractivity contribution in [1.29, 1.82) is 0 Å². The maximum Gasteiger partial charge on any atom is 0.313 e. The van der Waals surface area contributed by atoms with Gasteiger partial charge in [0.1, 0.15) is 0 Å². The summed E-state index contributed by atoms with van der Waals surface area (Å²) in [5.41, 5.74) is 3.28. The highest BCUT2D eigenvalue weighted by atomic mass is 16.5. The summed E-state index contributed by atoms with van der Waals surface area (Å²) in [4.78, 5) is 11.8. The van der Waals surface area contributed by atoms with Crippen LogP contribution in [0, 0.1) is 19.3 Å². The summed E-state index contributed by atoms with van der Waals surface area (Å²) in [6.07, 6.45) is 2.97. The number of methoxy groups -OCH3 is 1. The third-order valence-corrected chi connectivity index (χ3v) is 4.01. The molecule has 0 atom stereocenters. The van der Waals surface area contributed by atoms with Gasteiger partial charge in [0.2, 0.25) is 0 Å². The predicted molar refractivity (Wildman–Crippen MR) is 72.7 cm³/mol. The van der Waals surface area contributed by atoms with Crippen LogP contribution in [0.15, 0.2) is 18.2 Å². The summed E-state index contributed by atoms with van der Waals surface area (Å²) in [5, 5.41) is 3.44. The Labute approximate surface area is 109 Å². The minimum absolute atomic E-state index is 0.0764. The number of rotatable bonds is 4. The van der Waals surface area contributed by atoms with Crippen molar-refractivity contribution in [3.05, 3.63) is 29.3 Å². The van der Waals surface area contributed by atoms with Crippen LogP contribution >= 0.6 is 0 Å². The van der Waals surface area contributed by atoms with Gasteiger partial charge in [0.15, 0.2) is 0 Å². The minimum Gasteiger partial charge on any atom is -0.469 e. The maximum absolute atomic E-state index is 11.8. The third-order valence-electron chi connectivity index (χ3n) is 4.01. The number of benzene rings is 1. The van der Waals surface area contributed by atoms with Crippen LogP contribution in [0.25, 0.3) is 0 Å². The van der Waals surface area contributed by atoms with E-state index in [-0.39, 0.29) is 11.4 Å². The van der Waals surface area contributed by atoms with Crippen molar-refractivity contribution in [3.63, 3.8) is 0 Å². The molecular formula is C15H21NO2. The Balaban J connectivity index is 2.09. The number of para-hydroxylation sites is 1. The van der Waals surface area contributed by atoms with Gasteiger partial charge in [-0.05, 0) is 37.8 Å². The zero-order chi connectivity index (χ0) is 13.2. The third kappa shape index (κ3) is 2.22. The van der Waals surface area contributed by atoms with Crippen LogP contribution in [0.4, 0.5) is 5.69 Å². The number of anilines is 1. The number of aryl methyl sites for hydroxylation is 2. The zero-order valence-electron chi connectivity index (χ0n) is 11.4. The normalized spacial score (nSPS) is 16.8. The lowest BCUT2D eigenvalue weighted by Gasteiger charge is -2.39. The summed E-state index contributed by atoms with van der Waals surface area (Å²) in [6.45, 7) is 4.84. The number of carbonyl (C=O) groups excluding carboxylic acids is 1. The number of nitrogens with one attached hydrogen (secondary N) is 1. The van der Waals surface area contributed by atoms with Gasteiger partial charge in [-0.15, -0.1) is 0 Å². The monoisotopic (exact) mass is 247 g/mol. The fraction of sp³-hybridized carbons (Fsp3) is 0.533. The zero-order valence-corrected chi connectivity index (χ0v) is 11.4. The number of carbonyl (C=O) groups is 1. The maximum atomic E-state index is 11.8. The molecule has 18 heavy (non-hydrogen) atoms. The summed E-state index contributed by atoms with van der Waals surface area (Å²) in [6, 6.07) is 6.22. The number of esters is 1. The van der Waals surface area contributed by atoms with E-state index in [1.54, 1.807) is 0 Å². The Hall–Kier alpha value is -1.51. The number of ether oxygens (including phenoxy) is 1. The van der Waals surface area contributed by atoms with Crippen LogP contribution in [-0.4, -0.2) is 19.6 Å². The largest absolute Gasteiger partial charge is 0.469 e. The van der Waals surface area contributed by atoms with E-state index in [1.165, 1.54) is 18.2 Å². The summed E-state index contributed by atoms with van der Waals surface area (Å²) >= 11 is 0. The smallest absolute Gasteiger partial charge is 0.313 e. The first-order valence-corrected chi connectivity index (χ1v) is 6.47. The van der Waals surface area contributed by atoms with Gasteiger partial charge < -0.3 is 10.1 Å². The predicted octanol–water partition coefficient (Wildman–Crippen LogP) is 3.06. The molecule has 1 aromatic carbocycles. The molecular weight excluding hydrogens is 226 g/mol. The Morgan fingerprint density at radius 1 is 1.33 bits per heavy atom. The van der Waals surface area contributed by atoms with Gasteiger partial charge in [-0.1, -0.05) is 24.6 Å². The molecule has 0 amide bonds. The Kier molecular flexibility index (Phi) is 3.60. The summed E-state index contributed by atoms with van der Waals surface area (Å²) in [7, 11) is 1.47. The Bertz CT molecular complexity index is 430. The van der Waals surface area contributed by atoms with Crippen LogP contribution in [0.3, 0.4) is 0 Å². The number of hydrogen-bond acceptors (Lipinski definition) is 3. The minimum atomic E-state index is -0.302. The lowest BCUT2D eigenvalue weighted by Crippen LogP contribution is -2.44. The highest BCUT2D eigenvalue weighted by Crippen LogP contribution is 2.42. The van der Waals surface area contributed by atoms with Crippen molar-refractivity contribution in [3.8, 4) is 0 Å². The fourth-order valence-corrected chi connectivity index (χ4v) is 2.62. The van der Waals surface area contributed by atoms with E-state index < -0.39 is 0 Å². The molecule has 0 spiro atoms. The van der Waals surface area contributed by atoms with Gasteiger partial charge in [0, 0.05) is 12.2 Å². The van der Waals surface area contributed by atoms with E-state index in [1.807, 2.05) is 0 Å². The molecule has 1 aliphatic rings. The molecule has 1 aromatic rings. The Morgan fingerprint density at radius 2 is 1.94 bits per heavy atom. The second-order valence-electron chi connectivity index (χ2n) is 5.25. The lowest BCUT2D eigenvalue weighted by atomic mass is 9.68. The van der Waals surface area contributed by atoms with E-state index >= 15 is 0 Å². The summed E-state index contributed by atoms with van der Waals surface area (Å²) < 4.78 is 4.93. The van der Waals surface area contributed by atoms with Gasteiger partial charge in [0.25, 0.3) is 0 Å². The highest BCUT2D eigenvalue weighted by Gasteiger charge is 2.45. The van der Waals surface area contributed by atoms with Gasteiger partial charge in [0.05, 0.1) is 12.5 Å². The standard InChI is InChI=1S/C15H21NO2/c1-11-6-4-7-12(2)13(11)16-10-15(8-5-9-15)14(17)18-3/h4,6-7,16H,5,8-10H2,1-3H3. The molecule has 0 bridgehead atoms. The van der Waals surface area contributed by atoms with Crippen molar-refractivity contribution in [2.75, 3.05) is 19.0 Å². The van der Waals surface area contributed by atoms with Crippen molar-refractivity contribution < 1.29 is 9.53 Å². The second kappa shape index (κ2) is 5.01. The molecule has 1 N–H and O–H groups in total. The van der Waals surface area contributed by atoms with E-state index in [2.05, 4.69) is 37.4 Å². The molecule has 3 heteroatoms. The average molecular weight is 247 g/mol. The molecule has 0 saturated heterocycles. The molecule has 0 heterocycles. The molecule has 0 unspecified atom stereocenters. The molecule has 1 saturated carbocycles. The van der Waals surface area contributed by atoms with Gasteiger partial charge >= 0.3 is 5.97 Å². The van der Waals surface area contributed by atoms with E-state index in [4.69, 9.17) is 4.74 Å². The molecule has 98 valence electrons. The first-order chi connectivity index (χ1) is 8.59. The topological polar surface area (TPSA) is 38.3 Å². The quantitative estimate of drug-likeness (QED) is 0.831. The molecule has 0 aliphatic heterocycles. The molecule has 0 aromatic heterocycles.